The second kappa shape index (κ2) is 8.29. The van der Waals surface area contributed by atoms with Crippen LogP contribution in [-0.4, -0.2) is 66.6 Å². The minimum Gasteiger partial charge on any atom is -0.408 e. The number of amides is 1. The minimum absolute atomic E-state index is 0.105. The Balaban J connectivity index is 1.50. The summed E-state index contributed by atoms with van der Waals surface area (Å²) in [5.74, 6) is -0.915. The molecule has 1 aromatic heterocycles. The van der Waals surface area contributed by atoms with Gasteiger partial charge in [0.15, 0.2) is 5.76 Å². The number of carbonyl (C=O) groups is 1. The Labute approximate surface area is 151 Å². The van der Waals surface area contributed by atoms with Crippen LogP contribution in [0.3, 0.4) is 0 Å². The number of nitrogens with zero attached hydrogens (tertiary/aromatic N) is 3. The van der Waals surface area contributed by atoms with E-state index < -0.39 is 5.76 Å². The summed E-state index contributed by atoms with van der Waals surface area (Å²) in [7, 11) is 2.10. The summed E-state index contributed by atoms with van der Waals surface area (Å²) < 4.78 is 19.3. The number of nitrogens with one attached hydrogen (secondary N) is 1. The van der Waals surface area contributed by atoms with Crippen molar-refractivity contribution in [3.63, 3.8) is 0 Å². The summed E-state index contributed by atoms with van der Waals surface area (Å²) >= 11 is 0. The van der Waals surface area contributed by atoms with Gasteiger partial charge >= 0.3 is 5.76 Å². The van der Waals surface area contributed by atoms with Gasteiger partial charge in [-0.25, -0.2) is 9.18 Å². The molecule has 2 aromatic rings. The van der Waals surface area contributed by atoms with Crippen LogP contribution in [-0.2, 0) is 11.3 Å². The number of rotatable bonds is 6. The maximum atomic E-state index is 13.0. The van der Waals surface area contributed by atoms with Gasteiger partial charge in [-0.05, 0) is 31.3 Å². The molecule has 1 aliphatic heterocycles. The van der Waals surface area contributed by atoms with E-state index in [4.69, 9.17) is 4.42 Å². The van der Waals surface area contributed by atoms with Crippen molar-refractivity contribution >= 4 is 5.91 Å². The van der Waals surface area contributed by atoms with E-state index in [-0.39, 0.29) is 18.3 Å². The zero-order valence-corrected chi connectivity index (χ0v) is 14.8. The standard InChI is InChI=1S/C18H23FN4O3/c1-21-8-10-22(11-9-21)7-6-20-17(24)13-23-12-16(26-18(23)25)14-2-4-15(19)5-3-14/h2-5,12H,6-11,13H2,1H3,(H,20,24). The maximum absolute atomic E-state index is 13.0. The van der Waals surface area contributed by atoms with E-state index in [1.807, 2.05) is 0 Å². The van der Waals surface area contributed by atoms with E-state index in [0.29, 0.717) is 17.9 Å². The van der Waals surface area contributed by atoms with Crippen molar-refractivity contribution in [3.8, 4) is 11.3 Å². The average Bonchev–Trinajstić information content (AvgIpc) is 2.98. The SMILES string of the molecule is CN1CCN(CCNC(=O)Cn2cc(-c3ccc(F)cc3)oc2=O)CC1. The van der Waals surface area contributed by atoms with Gasteiger partial charge in [0.1, 0.15) is 12.4 Å². The fraction of sp³-hybridized carbons (Fsp3) is 0.444. The number of carbonyl (C=O) groups excluding carboxylic acids is 1. The van der Waals surface area contributed by atoms with E-state index in [9.17, 15) is 14.0 Å². The molecule has 2 heterocycles. The molecule has 1 N–H and O–H groups in total. The first-order valence-electron chi connectivity index (χ1n) is 8.65. The third-order valence-electron chi connectivity index (χ3n) is 4.49. The summed E-state index contributed by atoms with van der Waals surface area (Å²) in [4.78, 5) is 28.5. The maximum Gasteiger partial charge on any atom is 0.419 e. The third kappa shape index (κ3) is 4.80. The van der Waals surface area contributed by atoms with Crippen LogP contribution in [0.5, 0.6) is 0 Å². The smallest absolute Gasteiger partial charge is 0.408 e. The first kappa shape index (κ1) is 18.3. The largest absolute Gasteiger partial charge is 0.419 e. The lowest BCUT2D eigenvalue weighted by Gasteiger charge is -2.32. The van der Waals surface area contributed by atoms with Gasteiger partial charge in [0.25, 0.3) is 0 Å². The van der Waals surface area contributed by atoms with Crippen molar-refractivity contribution in [2.24, 2.45) is 0 Å². The molecule has 0 saturated carbocycles. The van der Waals surface area contributed by atoms with E-state index in [2.05, 4.69) is 22.2 Å². The first-order chi connectivity index (χ1) is 12.5. The number of likely N-dealkylation sites (N-methyl/N-ethyl adjacent to an activating group) is 1. The number of halogens is 1. The lowest BCUT2D eigenvalue weighted by molar-refractivity contribution is -0.121. The molecule has 7 nitrogen and oxygen atoms in total. The van der Waals surface area contributed by atoms with Gasteiger partial charge in [-0.2, -0.15) is 0 Å². The molecular formula is C18H23FN4O3. The van der Waals surface area contributed by atoms with Crippen molar-refractivity contribution in [3.05, 3.63) is 46.8 Å². The molecule has 140 valence electrons. The summed E-state index contributed by atoms with van der Waals surface area (Å²) in [6.45, 7) is 5.28. The van der Waals surface area contributed by atoms with Crippen molar-refractivity contribution < 1.29 is 13.6 Å². The highest BCUT2D eigenvalue weighted by Gasteiger charge is 2.14. The molecule has 1 saturated heterocycles. The van der Waals surface area contributed by atoms with E-state index >= 15 is 0 Å². The molecule has 3 rings (SSSR count). The van der Waals surface area contributed by atoms with Gasteiger partial charge in [0.2, 0.25) is 5.91 Å². The summed E-state index contributed by atoms with van der Waals surface area (Å²) in [6, 6.07) is 5.62. The molecule has 0 radical (unpaired) electrons. The molecule has 0 atom stereocenters. The van der Waals surface area contributed by atoms with E-state index in [0.717, 1.165) is 32.7 Å². The average molecular weight is 362 g/mol. The zero-order valence-electron chi connectivity index (χ0n) is 14.8. The molecule has 1 fully saturated rings. The highest BCUT2D eigenvalue weighted by Crippen LogP contribution is 2.18. The van der Waals surface area contributed by atoms with Crippen molar-refractivity contribution in [1.29, 1.82) is 0 Å². The Morgan fingerprint density at radius 3 is 2.58 bits per heavy atom. The van der Waals surface area contributed by atoms with Crippen LogP contribution in [0.4, 0.5) is 4.39 Å². The molecule has 26 heavy (non-hydrogen) atoms. The normalized spacial score (nSPS) is 15.9. The van der Waals surface area contributed by atoms with E-state index in [1.54, 1.807) is 0 Å². The molecule has 0 unspecified atom stereocenters. The van der Waals surface area contributed by atoms with Crippen LogP contribution in [0.1, 0.15) is 0 Å². The third-order valence-corrected chi connectivity index (χ3v) is 4.49. The van der Waals surface area contributed by atoms with Gasteiger partial charge in [-0.15, -0.1) is 0 Å². The molecule has 1 aliphatic rings. The minimum atomic E-state index is -0.612. The molecule has 8 heteroatoms. The molecule has 1 amide bonds. The monoisotopic (exact) mass is 362 g/mol. The van der Waals surface area contributed by atoms with Crippen molar-refractivity contribution in [2.75, 3.05) is 46.3 Å². The van der Waals surface area contributed by atoms with E-state index in [1.165, 1.54) is 35.0 Å². The molecular weight excluding hydrogens is 339 g/mol. The second-order valence-corrected chi connectivity index (χ2v) is 6.49. The fourth-order valence-corrected chi connectivity index (χ4v) is 2.87. The number of benzene rings is 1. The Bertz CT molecular complexity index is 792. The number of oxazole rings is 1. The topological polar surface area (TPSA) is 70.7 Å². The van der Waals surface area contributed by atoms with Crippen LogP contribution in [0.2, 0.25) is 0 Å². The highest BCUT2D eigenvalue weighted by atomic mass is 19.1. The van der Waals surface area contributed by atoms with Crippen molar-refractivity contribution in [1.82, 2.24) is 19.7 Å². The molecule has 0 spiro atoms. The lowest BCUT2D eigenvalue weighted by atomic mass is 10.2. The zero-order chi connectivity index (χ0) is 18.5. The Hall–Kier alpha value is -2.45. The molecule has 0 aliphatic carbocycles. The van der Waals surface area contributed by atoms with Gasteiger partial charge < -0.3 is 14.6 Å². The summed E-state index contributed by atoms with van der Waals surface area (Å²) in [5, 5.41) is 2.83. The van der Waals surface area contributed by atoms with Gasteiger partial charge in [-0.1, -0.05) is 0 Å². The quantitative estimate of drug-likeness (QED) is 0.815. The van der Waals surface area contributed by atoms with Crippen LogP contribution < -0.4 is 11.1 Å². The van der Waals surface area contributed by atoms with Crippen LogP contribution in [0.15, 0.2) is 39.7 Å². The predicted molar refractivity (Wildman–Crippen MR) is 95.3 cm³/mol. The highest BCUT2D eigenvalue weighted by molar-refractivity contribution is 5.75. The second-order valence-electron chi connectivity index (χ2n) is 6.49. The number of hydrogen-bond donors (Lipinski definition) is 1. The molecule has 0 bridgehead atoms. The molecule has 1 aromatic carbocycles. The van der Waals surface area contributed by atoms with Crippen LogP contribution in [0.25, 0.3) is 11.3 Å². The van der Waals surface area contributed by atoms with Gasteiger partial charge in [-0.3, -0.25) is 14.3 Å². The fourth-order valence-electron chi connectivity index (χ4n) is 2.87. The van der Waals surface area contributed by atoms with Gasteiger partial charge in [0, 0.05) is 44.8 Å². The number of hydrogen-bond acceptors (Lipinski definition) is 5. The Morgan fingerprint density at radius 2 is 1.88 bits per heavy atom. The Morgan fingerprint density at radius 1 is 1.19 bits per heavy atom. The van der Waals surface area contributed by atoms with Crippen LogP contribution in [0, 0.1) is 5.82 Å². The van der Waals surface area contributed by atoms with Crippen LogP contribution >= 0.6 is 0 Å². The Kier molecular flexibility index (Phi) is 5.85. The summed E-state index contributed by atoms with van der Waals surface area (Å²) in [5.41, 5.74) is 0.581. The van der Waals surface area contributed by atoms with Crippen molar-refractivity contribution in [2.45, 2.75) is 6.54 Å². The number of aromatic nitrogens is 1. The van der Waals surface area contributed by atoms with Gasteiger partial charge in [0.05, 0.1) is 6.20 Å². The number of piperazine rings is 1. The first-order valence-corrected chi connectivity index (χ1v) is 8.65. The summed E-state index contributed by atoms with van der Waals surface area (Å²) in [6.07, 6.45) is 1.47. The lowest BCUT2D eigenvalue weighted by Crippen LogP contribution is -2.47. The predicted octanol–water partition coefficient (Wildman–Crippen LogP) is 0.611.